The first-order valence-corrected chi connectivity index (χ1v) is 8.68. The van der Waals surface area contributed by atoms with Crippen molar-refractivity contribution in [3.8, 4) is 5.75 Å². The second-order valence-corrected chi connectivity index (χ2v) is 6.08. The van der Waals surface area contributed by atoms with Gasteiger partial charge < -0.3 is 15.0 Å². The molecule has 0 spiro atoms. The highest BCUT2D eigenvalue weighted by Gasteiger charge is 2.41. The van der Waals surface area contributed by atoms with Crippen LogP contribution in [-0.2, 0) is 16.1 Å². The molecule has 0 saturated carbocycles. The van der Waals surface area contributed by atoms with Crippen molar-refractivity contribution in [3.63, 3.8) is 0 Å². The van der Waals surface area contributed by atoms with Gasteiger partial charge in [0.25, 0.3) is 5.91 Å². The summed E-state index contributed by atoms with van der Waals surface area (Å²) in [7, 11) is 0. The zero-order chi connectivity index (χ0) is 20.7. The van der Waals surface area contributed by atoms with E-state index < -0.39 is 24.1 Å². The zero-order valence-corrected chi connectivity index (χ0v) is 15.5. The molecule has 0 saturated heterocycles. The smallest absolute Gasteiger partial charge is 0.471 e. The summed E-state index contributed by atoms with van der Waals surface area (Å²) in [6, 6.07) is 15.2. The summed E-state index contributed by atoms with van der Waals surface area (Å²) >= 11 is 0. The van der Waals surface area contributed by atoms with Gasteiger partial charge in [-0.1, -0.05) is 30.3 Å². The summed E-state index contributed by atoms with van der Waals surface area (Å²) < 4.78 is 43.5. The molecule has 0 heterocycles. The molecule has 8 heteroatoms. The van der Waals surface area contributed by atoms with Gasteiger partial charge in [-0.25, -0.2) is 0 Å². The van der Waals surface area contributed by atoms with Crippen LogP contribution in [0.5, 0.6) is 5.75 Å². The zero-order valence-electron chi connectivity index (χ0n) is 15.5. The van der Waals surface area contributed by atoms with Crippen LogP contribution < -0.4 is 10.1 Å². The third-order valence-corrected chi connectivity index (χ3v) is 3.90. The minimum atomic E-state index is -4.92. The van der Waals surface area contributed by atoms with Crippen LogP contribution in [0.3, 0.4) is 0 Å². The van der Waals surface area contributed by atoms with Crippen molar-refractivity contribution < 1.29 is 27.5 Å². The molecule has 150 valence electrons. The van der Waals surface area contributed by atoms with E-state index in [1.54, 1.807) is 49.4 Å². The first-order valence-electron chi connectivity index (χ1n) is 8.68. The molecular formula is C20H21F3N2O3. The molecule has 2 amide bonds. The molecule has 0 aliphatic heterocycles. The van der Waals surface area contributed by atoms with Crippen molar-refractivity contribution in [1.29, 1.82) is 0 Å². The lowest BCUT2D eigenvalue weighted by Gasteiger charge is -2.22. The Bertz CT molecular complexity index is 810. The highest BCUT2D eigenvalue weighted by atomic mass is 19.4. The molecule has 0 radical (unpaired) electrons. The average molecular weight is 394 g/mol. The lowest BCUT2D eigenvalue weighted by atomic mass is 10.1. The molecule has 0 bridgehead atoms. The number of nitrogens with one attached hydrogen (secondary N) is 1. The SMILES string of the molecule is CCN(Cc1cccc(NC(=O)C(C)Oc2ccccc2)c1)C(=O)C(F)(F)F. The molecule has 2 aromatic rings. The maximum atomic E-state index is 12.6. The van der Waals surface area contributed by atoms with Crippen LogP contribution in [0.15, 0.2) is 54.6 Å². The van der Waals surface area contributed by atoms with Crippen LogP contribution in [0.2, 0.25) is 0 Å². The van der Waals surface area contributed by atoms with E-state index in [9.17, 15) is 22.8 Å². The monoisotopic (exact) mass is 394 g/mol. The Labute approximate surface area is 161 Å². The molecular weight excluding hydrogens is 373 g/mol. The fraction of sp³-hybridized carbons (Fsp3) is 0.300. The summed E-state index contributed by atoms with van der Waals surface area (Å²) in [5.41, 5.74) is 0.871. The fourth-order valence-electron chi connectivity index (χ4n) is 2.47. The highest BCUT2D eigenvalue weighted by molar-refractivity contribution is 5.94. The van der Waals surface area contributed by atoms with Gasteiger partial charge >= 0.3 is 12.1 Å². The van der Waals surface area contributed by atoms with Gasteiger partial charge in [0.2, 0.25) is 0 Å². The molecule has 1 N–H and O–H groups in total. The Morgan fingerprint density at radius 1 is 1.11 bits per heavy atom. The van der Waals surface area contributed by atoms with Crippen LogP contribution in [0.25, 0.3) is 0 Å². The van der Waals surface area contributed by atoms with Gasteiger partial charge in [0.05, 0.1) is 0 Å². The van der Waals surface area contributed by atoms with Crippen LogP contribution in [-0.4, -0.2) is 35.5 Å². The number of anilines is 1. The number of halogens is 3. The quantitative estimate of drug-likeness (QED) is 0.772. The molecule has 0 aliphatic carbocycles. The van der Waals surface area contributed by atoms with E-state index in [0.29, 0.717) is 21.9 Å². The Kier molecular flexibility index (Phi) is 7.03. The maximum absolute atomic E-state index is 12.6. The van der Waals surface area contributed by atoms with E-state index in [2.05, 4.69) is 5.32 Å². The normalized spacial score (nSPS) is 12.2. The number of nitrogens with zero attached hydrogens (tertiary/aromatic N) is 1. The summed E-state index contributed by atoms with van der Waals surface area (Å²) in [6.07, 6.45) is -5.70. The van der Waals surface area contributed by atoms with E-state index in [1.807, 2.05) is 6.07 Å². The van der Waals surface area contributed by atoms with Crippen molar-refractivity contribution in [1.82, 2.24) is 4.90 Å². The van der Waals surface area contributed by atoms with Gasteiger partial charge in [0.1, 0.15) is 5.75 Å². The predicted molar refractivity (Wildman–Crippen MR) is 98.7 cm³/mol. The van der Waals surface area contributed by atoms with E-state index in [4.69, 9.17) is 4.74 Å². The summed E-state index contributed by atoms with van der Waals surface area (Å²) in [6.45, 7) is 2.76. The number of para-hydroxylation sites is 1. The maximum Gasteiger partial charge on any atom is 0.471 e. The Hall–Kier alpha value is -3.03. The summed E-state index contributed by atoms with van der Waals surface area (Å²) in [5, 5.41) is 2.66. The lowest BCUT2D eigenvalue weighted by molar-refractivity contribution is -0.185. The Morgan fingerprint density at radius 3 is 2.39 bits per heavy atom. The third kappa shape index (κ3) is 6.00. The van der Waals surface area contributed by atoms with Crippen LogP contribution in [0.4, 0.5) is 18.9 Å². The van der Waals surface area contributed by atoms with Gasteiger partial charge in [-0.3, -0.25) is 9.59 Å². The first-order chi connectivity index (χ1) is 13.2. The lowest BCUT2D eigenvalue weighted by Crippen LogP contribution is -2.40. The average Bonchev–Trinajstić information content (AvgIpc) is 2.66. The fourth-order valence-corrected chi connectivity index (χ4v) is 2.47. The van der Waals surface area contributed by atoms with Crippen molar-refractivity contribution in [2.45, 2.75) is 32.7 Å². The van der Waals surface area contributed by atoms with Crippen LogP contribution in [0, 0.1) is 0 Å². The summed E-state index contributed by atoms with van der Waals surface area (Å²) in [5.74, 6) is -1.75. The molecule has 28 heavy (non-hydrogen) atoms. The minimum absolute atomic E-state index is 0.0864. The standard InChI is InChI=1S/C20H21F3N2O3/c1-3-25(19(27)20(21,22)23)13-15-8-7-9-16(12-15)24-18(26)14(2)28-17-10-5-4-6-11-17/h4-12,14H,3,13H2,1-2H3,(H,24,26). The van der Waals surface area contributed by atoms with Crippen molar-refractivity contribution in [2.75, 3.05) is 11.9 Å². The third-order valence-electron chi connectivity index (χ3n) is 3.90. The van der Waals surface area contributed by atoms with E-state index >= 15 is 0 Å². The number of amides is 2. The number of hydrogen-bond donors (Lipinski definition) is 1. The Balaban J connectivity index is 2.02. The number of carbonyl (C=O) groups excluding carboxylic acids is 2. The van der Waals surface area contributed by atoms with Gasteiger partial charge in [-0.2, -0.15) is 13.2 Å². The summed E-state index contributed by atoms with van der Waals surface area (Å²) in [4.78, 5) is 24.4. The number of carbonyl (C=O) groups is 2. The van der Waals surface area contributed by atoms with Crippen molar-refractivity contribution in [3.05, 3.63) is 60.2 Å². The Morgan fingerprint density at radius 2 is 1.79 bits per heavy atom. The second kappa shape index (κ2) is 9.25. The molecule has 0 aromatic heterocycles. The molecule has 0 fully saturated rings. The molecule has 5 nitrogen and oxygen atoms in total. The van der Waals surface area contributed by atoms with Crippen LogP contribution >= 0.6 is 0 Å². The van der Waals surface area contributed by atoms with E-state index in [1.165, 1.54) is 13.0 Å². The van der Waals surface area contributed by atoms with Crippen LogP contribution in [0.1, 0.15) is 19.4 Å². The number of hydrogen-bond acceptors (Lipinski definition) is 3. The molecule has 2 rings (SSSR count). The van der Waals surface area contributed by atoms with Crippen molar-refractivity contribution >= 4 is 17.5 Å². The van der Waals surface area contributed by atoms with Gasteiger partial charge in [0.15, 0.2) is 6.10 Å². The first kappa shape index (κ1) is 21.3. The topological polar surface area (TPSA) is 58.6 Å². The number of alkyl halides is 3. The highest BCUT2D eigenvalue weighted by Crippen LogP contribution is 2.21. The van der Waals surface area contributed by atoms with Gasteiger partial charge in [0, 0.05) is 18.8 Å². The number of rotatable bonds is 7. The molecule has 2 aromatic carbocycles. The number of ether oxygens (including phenoxy) is 1. The van der Waals surface area contributed by atoms with E-state index in [-0.39, 0.29) is 13.1 Å². The van der Waals surface area contributed by atoms with Crippen molar-refractivity contribution in [2.24, 2.45) is 0 Å². The molecule has 1 unspecified atom stereocenters. The second-order valence-electron chi connectivity index (χ2n) is 6.08. The van der Waals surface area contributed by atoms with Gasteiger partial charge in [-0.15, -0.1) is 0 Å². The number of benzene rings is 2. The minimum Gasteiger partial charge on any atom is -0.481 e. The molecule has 1 atom stereocenters. The van der Waals surface area contributed by atoms with Gasteiger partial charge in [-0.05, 0) is 43.7 Å². The predicted octanol–water partition coefficient (Wildman–Crippen LogP) is 4.00. The van der Waals surface area contributed by atoms with E-state index in [0.717, 1.165) is 0 Å². The molecule has 0 aliphatic rings. The largest absolute Gasteiger partial charge is 0.481 e.